The Bertz CT molecular complexity index is 465. The Kier molecular flexibility index (Phi) is 3.12. The molecule has 1 N–H and O–H groups in total. The van der Waals surface area contributed by atoms with Crippen molar-refractivity contribution in [2.24, 2.45) is 0 Å². The second kappa shape index (κ2) is 4.72. The molecular weight excluding hydrogens is 202 g/mol. The fourth-order valence-electron chi connectivity index (χ4n) is 1.44. The number of aliphatic hydroxyl groups excluding tert-OH is 1. The standard InChI is InChI=1S/C12H13N3O/c1-2-12(16)11-5-3-4-10(14-11)8-15-7-6-13-9-15/h2-7,9,12,16H,1,8H2. The SMILES string of the molecule is C=CC(O)c1cccc(Cn2ccnc2)n1. The van der Waals surface area contributed by atoms with Gasteiger partial charge in [0, 0.05) is 12.4 Å². The highest BCUT2D eigenvalue weighted by atomic mass is 16.3. The topological polar surface area (TPSA) is 50.9 Å². The van der Waals surface area contributed by atoms with Gasteiger partial charge in [0.15, 0.2) is 0 Å². The number of nitrogens with zero attached hydrogens (tertiary/aromatic N) is 3. The van der Waals surface area contributed by atoms with Gasteiger partial charge in [0.2, 0.25) is 0 Å². The van der Waals surface area contributed by atoms with E-state index in [1.54, 1.807) is 18.6 Å². The number of hydrogen-bond acceptors (Lipinski definition) is 3. The number of aliphatic hydroxyl groups is 1. The zero-order chi connectivity index (χ0) is 11.4. The van der Waals surface area contributed by atoms with Gasteiger partial charge >= 0.3 is 0 Å². The van der Waals surface area contributed by atoms with Gasteiger partial charge < -0.3 is 9.67 Å². The zero-order valence-corrected chi connectivity index (χ0v) is 8.82. The minimum atomic E-state index is -0.706. The molecule has 2 rings (SSSR count). The van der Waals surface area contributed by atoms with Crippen LogP contribution in [0.25, 0.3) is 0 Å². The molecule has 0 fully saturated rings. The molecule has 0 bridgehead atoms. The number of hydrogen-bond donors (Lipinski definition) is 1. The molecule has 16 heavy (non-hydrogen) atoms. The average Bonchev–Trinajstić information content (AvgIpc) is 2.81. The van der Waals surface area contributed by atoms with Gasteiger partial charge in [-0.25, -0.2) is 4.98 Å². The Balaban J connectivity index is 2.19. The summed E-state index contributed by atoms with van der Waals surface area (Å²) in [5.74, 6) is 0. The van der Waals surface area contributed by atoms with Gasteiger partial charge in [-0.1, -0.05) is 12.1 Å². The van der Waals surface area contributed by atoms with Crippen molar-refractivity contribution in [1.29, 1.82) is 0 Å². The first kappa shape index (κ1) is 10.6. The predicted octanol–water partition coefficient (Wildman–Crippen LogP) is 1.55. The van der Waals surface area contributed by atoms with E-state index in [1.807, 2.05) is 22.9 Å². The van der Waals surface area contributed by atoms with Gasteiger partial charge in [0.1, 0.15) is 6.10 Å². The average molecular weight is 215 g/mol. The molecule has 2 aromatic heterocycles. The summed E-state index contributed by atoms with van der Waals surface area (Å²) in [6, 6.07) is 5.57. The molecule has 0 aliphatic rings. The third-order valence-electron chi connectivity index (χ3n) is 2.26. The molecule has 82 valence electrons. The quantitative estimate of drug-likeness (QED) is 0.787. The van der Waals surface area contributed by atoms with E-state index < -0.39 is 6.10 Å². The number of pyridine rings is 1. The summed E-state index contributed by atoms with van der Waals surface area (Å²) in [5, 5.41) is 9.58. The van der Waals surface area contributed by atoms with Gasteiger partial charge in [-0.05, 0) is 12.1 Å². The third-order valence-corrected chi connectivity index (χ3v) is 2.26. The van der Waals surface area contributed by atoms with Crippen molar-refractivity contribution in [3.05, 3.63) is 61.0 Å². The molecule has 4 nitrogen and oxygen atoms in total. The lowest BCUT2D eigenvalue weighted by Crippen LogP contribution is -2.03. The van der Waals surface area contributed by atoms with Crippen molar-refractivity contribution >= 4 is 0 Å². The highest BCUT2D eigenvalue weighted by molar-refractivity contribution is 5.16. The van der Waals surface area contributed by atoms with Crippen molar-refractivity contribution in [2.75, 3.05) is 0 Å². The first-order valence-corrected chi connectivity index (χ1v) is 5.02. The summed E-state index contributed by atoms with van der Waals surface area (Å²) in [6.07, 6.45) is 6.09. The Morgan fingerprint density at radius 1 is 1.50 bits per heavy atom. The Morgan fingerprint density at radius 2 is 2.38 bits per heavy atom. The molecule has 2 aromatic rings. The van der Waals surface area contributed by atoms with E-state index in [0.717, 1.165) is 5.69 Å². The second-order valence-corrected chi connectivity index (χ2v) is 3.47. The van der Waals surface area contributed by atoms with Gasteiger partial charge in [-0.3, -0.25) is 4.98 Å². The Hall–Kier alpha value is -1.94. The van der Waals surface area contributed by atoms with Crippen LogP contribution in [0.15, 0.2) is 49.6 Å². The first-order chi connectivity index (χ1) is 7.79. The van der Waals surface area contributed by atoms with Gasteiger partial charge in [0.05, 0.1) is 24.3 Å². The number of imidazole rings is 1. The number of aromatic nitrogens is 3. The molecule has 0 radical (unpaired) electrons. The normalized spacial score (nSPS) is 12.3. The van der Waals surface area contributed by atoms with Crippen LogP contribution in [-0.4, -0.2) is 19.6 Å². The Morgan fingerprint density at radius 3 is 3.06 bits per heavy atom. The van der Waals surface area contributed by atoms with Crippen molar-refractivity contribution in [3.8, 4) is 0 Å². The zero-order valence-electron chi connectivity index (χ0n) is 8.82. The highest BCUT2D eigenvalue weighted by Gasteiger charge is 2.05. The fraction of sp³-hybridized carbons (Fsp3) is 0.167. The summed E-state index contributed by atoms with van der Waals surface area (Å²) in [6.45, 7) is 4.19. The van der Waals surface area contributed by atoms with Crippen LogP contribution in [-0.2, 0) is 6.54 Å². The minimum Gasteiger partial charge on any atom is -0.383 e. The summed E-state index contributed by atoms with van der Waals surface area (Å²) in [4.78, 5) is 8.31. The van der Waals surface area contributed by atoms with Crippen molar-refractivity contribution in [1.82, 2.24) is 14.5 Å². The van der Waals surface area contributed by atoms with Crippen LogP contribution in [0, 0.1) is 0 Å². The van der Waals surface area contributed by atoms with E-state index in [1.165, 1.54) is 6.08 Å². The van der Waals surface area contributed by atoms with Crippen LogP contribution in [0.2, 0.25) is 0 Å². The van der Waals surface area contributed by atoms with E-state index in [-0.39, 0.29) is 0 Å². The van der Waals surface area contributed by atoms with Gasteiger partial charge in [-0.15, -0.1) is 6.58 Å². The second-order valence-electron chi connectivity index (χ2n) is 3.47. The summed E-state index contributed by atoms with van der Waals surface area (Å²) < 4.78 is 1.92. The predicted molar refractivity (Wildman–Crippen MR) is 60.7 cm³/mol. The van der Waals surface area contributed by atoms with Crippen LogP contribution >= 0.6 is 0 Å². The maximum atomic E-state index is 9.58. The monoisotopic (exact) mass is 215 g/mol. The molecule has 0 saturated carbocycles. The summed E-state index contributed by atoms with van der Waals surface area (Å²) in [7, 11) is 0. The molecule has 0 aliphatic carbocycles. The number of rotatable bonds is 4. The molecule has 1 atom stereocenters. The lowest BCUT2D eigenvalue weighted by molar-refractivity contribution is 0.223. The van der Waals surface area contributed by atoms with Gasteiger partial charge in [-0.2, -0.15) is 0 Å². The maximum Gasteiger partial charge on any atom is 0.114 e. The first-order valence-electron chi connectivity index (χ1n) is 5.02. The molecule has 0 aromatic carbocycles. The molecule has 4 heteroatoms. The van der Waals surface area contributed by atoms with Gasteiger partial charge in [0.25, 0.3) is 0 Å². The highest BCUT2D eigenvalue weighted by Crippen LogP contribution is 2.11. The van der Waals surface area contributed by atoms with E-state index >= 15 is 0 Å². The minimum absolute atomic E-state index is 0.618. The summed E-state index contributed by atoms with van der Waals surface area (Å²) in [5.41, 5.74) is 1.50. The third kappa shape index (κ3) is 2.35. The molecule has 0 spiro atoms. The fourth-order valence-corrected chi connectivity index (χ4v) is 1.44. The smallest absolute Gasteiger partial charge is 0.114 e. The molecule has 1 unspecified atom stereocenters. The molecule has 0 aliphatic heterocycles. The Labute approximate surface area is 93.9 Å². The van der Waals surface area contributed by atoms with E-state index in [2.05, 4.69) is 16.5 Å². The van der Waals surface area contributed by atoms with Crippen LogP contribution in [0.4, 0.5) is 0 Å². The summed E-state index contributed by atoms with van der Waals surface area (Å²) >= 11 is 0. The van der Waals surface area contributed by atoms with Crippen molar-refractivity contribution in [3.63, 3.8) is 0 Å². The van der Waals surface area contributed by atoms with E-state index in [4.69, 9.17) is 0 Å². The van der Waals surface area contributed by atoms with E-state index in [0.29, 0.717) is 12.2 Å². The molecule has 2 heterocycles. The molecular formula is C12H13N3O. The lowest BCUT2D eigenvalue weighted by Gasteiger charge is -2.07. The van der Waals surface area contributed by atoms with Crippen LogP contribution in [0.5, 0.6) is 0 Å². The molecule has 0 amide bonds. The van der Waals surface area contributed by atoms with E-state index in [9.17, 15) is 5.11 Å². The largest absolute Gasteiger partial charge is 0.383 e. The van der Waals surface area contributed by atoms with Crippen molar-refractivity contribution in [2.45, 2.75) is 12.6 Å². The van der Waals surface area contributed by atoms with Crippen LogP contribution in [0.1, 0.15) is 17.5 Å². The maximum absolute atomic E-state index is 9.58. The molecule has 0 saturated heterocycles. The lowest BCUT2D eigenvalue weighted by atomic mass is 10.2. The van der Waals surface area contributed by atoms with Crippen LogP contribution in [0.3, 0.4) is 0 Å². The van der Waals surface area contributed by atoms with Crippen LogP contribution < -0.4 is 0 Å². The van der Waals surface area contributed by atoms with Crippen molar-refractivity contribution < 1.29 is 5.11 Å².